The molecule has 0 heterocycles. The van der Waals surface area contributed by atoms with Crippen molar-refractivity contribution in [3.63, 3.8) is 0 Å². The molecule has 0 radical (unpaired) electrons. The maximum absolute atomic E-state index is 12.0. The van der Waals surface area contributed by atoms with Crippen LogP contribution in [0.1, 0.15) is 40.5 Å². The molecule has 0 aromatic heterocycles. The van der Waals surface area contributed by atoms with Crippen LogP contribution in [-0.2, 0) is 4.79 Å². The van der Waals surface area contributed by atoms with Crippen molar-refractivity contribution in [1.29, 1.82) is 0 Å². The van der Waals surface area contributed by atoms with Crippen molar-refractivity contribution in [2.75, 3.05) is 5.32 Å². The largest absolute Gasteiger partial charge is 0.491 e. The molecule has 4 nitrogen and oxygen atoms in total. The number of hydrogen-bond acceptors (Lipinski definition) is 3. The van der Waals surface area contributed by atoms with Crippen molar-refractivity contribution in [2.24, 2.45) is 11.7 Å². The molecule has 0 bridgehead atoms. The molecule has 3 N–H and O–H groups in total. The van der Waals surface area contributed by atoms with Crippen LogP contribution in [-0.4, -0.2) is 18.1 Å². The van der Waals surface area contributed by atoms with Gasteiger partial charge in [0.25, 0.3) is 0 Å². The van der Waals surface area contributed by atoms with Gasteiger partial charge in [0.2, 0.25) is 5.91 Å². The maximum Gasteiger partial charge on any atom is 0.241 e. The van der Waals surface area contributed by atoms with E-state index in [0.717, 1.165) is 24.3 Å². The molecule has 3 atom stereocenters. The molecule has 0 saturated carbocycles. The van der Waals surface area contributed by atoms with Gasteiger partial charge in [0.15, 0.2) is 0 Å². The topological polar surface area (TPSA) is 64.3 Å². The van der Waals surface area contributed by atoms with E-state index in [2.05, 4.69) is 12.2 Å². The molecule has 1 unspecified atom stereocenters. The summed E-state index contributed by atoms with van der Waals surface area (Å²) in [6.45, 7) is 8.09. The van der Waals surface area contributed by atoms with Gasteiger partial charge in [-0.15, -0.1) is 0 Å². The van der Waals surface area contributed by atoms with Crippen molar-refractivity contribution >= 4 is 11.6 Å². The first kappa shape index (κ1) is 16.5. The van der Waals surface area contributed by atoms with E-state index in [1.807, 2.05) is 45.0 Å². The lowest BCUT2D eigenvalue weighted by Crippen LogP contribution is -2.40. The van der Waals surface area contributed by atoms with Crippen LogP contribution < -0.4 is 15.8 Å². The third kappa shape index (κ3) is 4.85. The van der Waals surface area contributed by atoms with Crippen LogP contribution in [0.2, 0.25) is 0 Å². The van der Waals surface area contributed by atoms with Gasteiger partial charge < -0.3 is 15.8 Å². The Morgan fingerprint density at radius 2 is 2.00 bits per heavy atom. The van der Waals surface area contributed by atoms with E-state index in [4.69, 9.17) is 10.5 Å². The minimum atomic E-state index is -0.487. The zero-order valence-corrected chi connectivity index (χ0v) is 12.8. The average molecular weight is 278 g/mol. The highest BCUT2D eigenvalue weighted by Crippen LogP contribution is 2.19. The molecule has 0 fully saturated rings. The molecular formula is C16H26N2O2. The molecule has 0 aliphatic rings. The fraction of sp³-hybridized carbons (Fsp3) is 0.562. The number of nitrogens with one attached hydrogen (secondary N) is 1. The Morgan fingerprint density at radius 1 is 1.30 bits per heavy atom. The summed E-state index contributed by atoms with van der Waals surface area (Å²) >= 11 is 0. The lowest BCUT2D eigenvalue weighted by atomic mass is 9.99. The Kier molecular flexibility index (Phi) is 6.52. The number of nitrogens with two attached hydrogens (primary N) is 1. The van der Waals surface area contributed by atoms with Gasteiger partial charge in [-0.05, 0) is 31.4 Å². The number of anilines is 1. The van der Waals surface area contributed by atoms with Crippen LogP contribution in [0.5, 0.6) is 5.75 Å². The highest BCUT2D eigenvalue weighted by molar-refractivity contribution is 5.95. The van der Waals surface area contributed by atoms with Crippen LogP contribution in [0.25, 0.3) is 0 Å². The zero-order valence-electron chi connectivity index (χ0n) is 12.8. The fourth-order valence-corrected chi connectivity index (χ4v) is 1.70. The number of rotatable bonds is 7. The average Bonchev–Trinajstić information content (AvgIpc) is 2.45. The van der Waals surface area contributed by atoms with Crippen molar-refractivity contribution in [3.8, 4) is 5.75 Å². The second-order valence-electron chi connectivity index (χ2n) is 5.27. The number of benzene rings is 1. The lowest BCUT2D eigenvalue weighted by molar-refractivity contribution is -0.118. The van der Waals surface area contributed by atoms with Crippen LogP contribution in [0.3, 0.4) is 0 Å². The molecule has 112 valence electrons. The van der Waals surface area contributed by atoms with Gasteiger partial charge in [0.05, 0.1) is 12.1 Å². The Morgan fingerprint density at radius 3 is 2.60 bits per heavy atom. The summed E-state index contributed by atoms with van der Waals surface area (Å²) in [6.07, 6.45) is 1.98. The minimum Gasteiger partial charge on any atom is -0.491 e. The second-order valence-corrected chi connectivity index (χ2v) is 5.27. The van der Waals surface area contributed by atoms with Gasteiger partial charge in [-0.25, -0.2) is 0 Å². The number of ether oxygens (including phenoxy) is 1. The molecule has 0 aliphatic heterocycles. The van der Waals surface area contributed by atoms with Crippen molar-refractivity contribution in [1.82, 2.24) is 0 Å². The van der Waals surface area contributed by atoms with Gasteiger partial charge in [0, 0.05) is 11.8 Å². The first-order valence-electron chi connectivity index (χ1n) is 7.31. The van der Waals surface area contributed by atoms with Crippen molar-refractivity contribution in [2.45, 2.75) is 52.7 Å². The highest BCUT2D eigenvalue weighted by atomic mass is 16.5. The number of carbonyl (C=O) groups excluding carboxylic acids is 1. The normalized spacial score (nSPS) is 15.2. The quantitative estimate of drug-likeness (QED) is 0.805. The van der Waals surface area contributed by atoms with Crippen LogP contribution in [0.15, 0.2) is 24.3 Å². The standard InChI is InChI=1S/C16H26N2O2/c1-5-11(3)15(17)16(19)18-13-8-7-9-14(10-13)20-12(4)6-2/h7-12,15H,5-6,17H2,1-4H3,(H,18,19)/t11-,12?,15-/m0/s1. The Hall–Kier alpha value is -1.55. The van der Waals surface area contributed by atoms with E-state index in [-0.39, 0.29) is 17.9 Å². The summed E-state index contributed by atoms with van der Waals surface area (Å²) in [5.74, 6) is 0.767. The molecular weight excluding hydrogens is 252 g/mol. The molecule has 1 rings (SSSR count). The third-order valence-corrected chi connectivity index (χ3v) is 3.57. The predicted molar refractivity (Wildman–Crippen MR) is 82.9 cm³/mol. The SMILES string of the molecule is CCC(C)Oc1cccc(NC(=O)[C@@H](N)[C@@H](C)CC)c1. The van der Waals surface area contributed by atoms with E-state index in [0.29, 0.717) is 0 Å². The van der Waals surface area contributed by atoms with Crippen LogP contribution in [0.4, 0.5) is 5.69 Å². The minimum absolute atomic E-state index is 0.153. The summed E-state index contributed by atoms with van der Waals surface area (Å²) in [7, 11) is 0. The Balaban J connectivity index is 2.68. The van der Waals surface area contributed by atoms with E-state index in [9.17, 15) is 4.79 Å². The summed E-state index contributed by atoms with van der Waals surface area (Å²) < 4.78 is 5.73. The Bertz CT molecular complexity index is 434. The molecule has 1 amide bonds. The summed E-state index contributed by atoms with van der Waals surface area (Å²) in [6, 6.07) is 6.93. The zero-order chi connectivity index (χ0) is 15.1. The number of carbonyl (C=O) groups is 1. The predicted octanol–water partition coefficient (Wildman–Crippen LogP) is 3.18. The van der Waals surface area contributed by atoms with Gasteiger partial charge in [-0.1, -0.05) is 33.3 Å². The monoisotopic (exact) mass is 278 g/mol. The highest BCUT2D eigenvalue weighted by Gasteiger charge is 2.19. The number of amides is 1. The van der Waals surface area contributed by atoms with Crippen molar-refractivity contribution < 1.29 is 9.53 Å². The van der Waals surface area contributed by atoms with Gasteiger partial charge in [-0.3, -0.25) is 4.79 Å². The van der Waals surface area contributed by atoms with Gasteiger partial charge in [0.1, 0.15) is 5.75 Å². The van der Waals surface area contributed by atoms with Crippen LogP contribution >= 0.6 is 0 Å². The first-order chi connectivity index (χ1) is 9.47. The Labute approximate surface area is 121 Å². The van der Waals surface area contributed by atoms with E-state index in [1.54, 1.807) is 0 Å². The molecule has 20 heavy (non-hydrogen) atoms. The van der Waals surface area contributed by atoms with Gasteiger partial charge >= 0.3 is 0 Å². The lowest BCUT2D eigenvalue weighted by Gasteiger charge is -2.18. The molecule has 0 saturated heterocycles. The molecule has 4 heteroatoms. The van der Waals surface area contributed by atoms with Crippen molar-refractivity contribution in [3.05, 3.63) is 24.3 Å². The van der Waals surface area contributed by atoms with E-state index in [1.165, 1.54) is 0 Å². The summed E-state index contributed by atoms with van der Waals surface area (Å²) in [5.41, 5.74) is 6.63. The summed E-state index contributed by atoms with van der Waals surface area (Å²) in [5, 5.41) is 2.84. The first-order valence-corrected chi connectivity index (χ1v) is 7.31. The maximum atomic E-state index is 12.0. The molecule has 1 aromatic rings. The summed E-state index contributed by atoms with van der Waals surface area (Å²) in [4.78, 5) is 12.0. The second kappa shape index (κ2) is 7.90. The molecule has 0 aliphatic carbocycles. The van der Waals surface area contributed by atoms with E-state index < -0.39 is 6.04 Å². The van der Waals surface area contributed by atoms with Gasteiger partial charge in [-0.2, -0.15) is 0 Å². The van der Waals surface area contributed by atoms with E-state index >= 15 is 0 Å². The number of hydrogen-bond donors (Lipinski definition) is 2. The smallest absolute Gasteiger partial charge is 0.241 e. The molecule has 1 aromatic carbocycles. The fourth-order valence-electron chi connectivity index (χ4n) is 1.70. The molecule has 0 spiro atoms. The van der Waals surface area contributed by atoms with Crippen LogP contribution in [0, 0.1) is 5.92 Å². The third-order valence-electron chi connectivity index (χ3n) is 3.57.